The van der Waals surface area contributed by atoms with Gasteiger partial charge in [-0.1, -0.05) is 36.4 Å². The van der Waals surface area contributed by atoms with Crippen molar-refractivity contribution >= 4 is 6.08 Å². The van der Waals surface area contributed by atoms with E-state index in [9.17, 15) is 0 Å². The number of hydroxylamine groups is 1. The second kappa shape index (κ2) is 2.49. The lowest BCUT2D eigenvalue weighted by Crippen LogP contribution is -2.12. The molecule has 0 saturated heterocycles. The molecule has 0 radical (unpaired) electrons. The van der Waals surface area contributed by atoms with Gasteiger partial charge in [-0.05, 0) is 11.1 Å². The van der Waals surface area contributed by atoms with E-state index in [4.69, 9.17) is 5.21 Å². The van der Waals surface area contributed by atoms with Crippen LogP contribution in [0.4, 0.5) is 0 Å². The van der Waals surface area contributed by atoms with Crippen molar-refractivity contribution in [2.45, 2.75) is 6.04 Å². The molecule has 0 spiro atoms. The normalized spacial score (nSPS) is 20.3. The van der Waals surface area contributed by atoms with E-state index < -0.39 is 0 Å². The van der Waals surface area contributed by atoms with Crippen LogP contribution in [-0.2, 0) is 0 Å². The zero-order valence-electron chi connectivity index (χ0n) is 5.99. The smallest absolute Gasteiger partial charge is 0.0758 e. The minimum Gasteiger partial charge on any atom is -0.316 e. The molecule has 1 aromatic rings. The average Bonchev–Trinajstić information content (AvgIpc) is 2.47. The molecule has 11 heavy (non-hydrogen) atoms. The van der Waals surface area contributed by atoms with E-state index in [1.807, 2.05) is 36.4 Å². The molecule has 0 amide bonds. The van der Waals surface area contributed by atoms with Crippen LogP contribution in [0.3, 0.4) is 0 Å². The highest BCUT2D eigenvalue weighted by Gasteiger charge is 2.14. The molecule has 0 fully saturated rings. The highest BCUT2D eigenvalue weighted by atomic mass is 16.5. The third-order valence-corrected chi connectivity index (χ3v) is 1.94. The van der Waals surface area contributed by atoms with Gasteiger partial charge in [-0.15, -0.1) is 0 Å². The third kappa shape index (κ3) is 0.964. The molecule has 1 unspecified atom stereocenters. The van der Waals surface area contributed by atoms with Crippen molar-refractivity contribution < 1.29 is 5.21 Å². The Morgan fingerprint density at radius 2 is 2.09 bits per heavy atom. The van der Waals surface area contributed by atoms with Crippen molar-refractivity contribution in [1.29, 1.82) is 0 Å². The molecule has 2 rings (SSSR count). The molecule has 0 aromatic heterocycles. The van der Waals surface area contributed by atoms with Crippen LogP contribution in [0.25, 0.3) is 6.08 Å². The van der Waals surface area contributed by atoms with Crippen LogP contribution in [0.1, 0.15) is 17.2 Å². The van der Waals surface area contributed by atoms with Crippen LogP contribution < -0.4 is 5.48 Å². The van der Waals surface area contributed by atoms with E-state index in [-0.39, 0.29) is 6.04 Å². The summed E-state index contributed by atoms with van der Waals surface area (Å²) < 4.78 is 0. The minimum atomic E-state index is -0.0220. The molecule has 0 heterocycles. The molecule has 2 N–H and O–H groups in total. The van der Waals surface area contributed by atoms with Gasteiger partial charge in [0.1, 0.15) is 0 Å². The summed E-state index contributed by atoms with van der Waals surface area (Å²) in [7, 11) is 0. The van der Waals surface area contributed by atoms with E-state index in [0.717, 1.165) is 5.56 Å². The molecule has 1 aliphatic carbocycles. The molecule has 2 heteroatoms. The predicted octanol–water partition coefficient (Wildman–Crippen LogP) is 1.73. The van der Waals surface area contributed by atoms with Crippen LogP contribution in [0.2, 0.25) is 0 Å². The number of fused-ring (bicyclic) bond motifs is 1. The summed E-state index contributed by atoms with van der Waals surface area (Å²) in [5.74, 6) is 0. The molecule has 1 aliphatic rings. The van der Waals surface area contributed by atoms with Crippen molar-refractivity contribution in [3.05, 3.63) is 41.5 Å². The van der Waals surface area contributed by atoms with E-state index in [1.54, 1.807) is 0 Å². The van der Waals surface area contributed by atoms with Crippen LogP contribution in [0, 0.1) is 0 Å². The molecule has 1 aromatic carbocycles. The Morgan fingerprint density at radius 3 is 2.91 bits per heavy atom. The highest BCUT2D eigenvalue weighted by molar-refractivity contribution is 5.61. The number of rotatable bonds is 1. The van der Waals surface area contributed by atoms with Gasteiger partial charge in [0.25, 0.3) is 0 Å². The van der Waals surface area contributed by atoms with Crippen LogP contribution in [0.5, 0.6) is 0 Å². The summed E-state index contributed by atoms with van der Waals surface area (Å²) in [6.45, 7) is 0. The summed E-state index contributed by atoms with van der Waals surface area (Å²) in [6.07, 6.45) is 3.94. The zero-order chi connectivity index (χ0) is 7.68. The maximum Gasteiger partial charge on any atom is 0.0758 e. The minimum absolute atomic E-state index is 0.0220. The standard InChI is InChI=1S/C9H9NO/c11-10-9-6-5-7-3-1-2-4-8(7)9/h1-6,9-11H. The molecule has 2 nitrogen and oxygen atoms in total. The van der Waals surface area contributed by atoms with Crippen LogP contribution >= 0.6 is 0 Å². The Labute approximate surface area is 65.1 Å². The highest BCUT2D eigenvalue weighted by Crippen LogP contribution is 2.26. The third-order valence-electron chi connectivity index (χ3n) is 1.94. The summed E-state index contributed by atoms with van der Waals surface area (Å²) in [5, 5.41) is 8.71. The molecule has 1 atom stereocenters. The van der Waals surface area contributed by atoms with Crippen LogP contribution in [-0.4, -0.2) is 5.21 Å². The van der Waals surface area contributed by atoms with Gasteiger partial charge in [0.15, 0.2) is 0 Å². The van der Waals surface area contributed by atoms with E-state index in [1.165, 1.54) is 5.56 Å². The second-order valence-electron chi connectivity index (χ2n) is 2.59. The quantitative estimate of drug-likeness (QED) is 0.593. The summed E-state index contributed by atoms with van der Waals surface area (Å²) in [4.78, 5) is 0. The maximum absolute atomic E-state index is 8.71. The Kier molecular flexibility index (Phi) is 1.49. The molecule has 0 aliphatic heterocycles. The number of benzene rings is 1. The van der Waals surface area contributed by atoms with Gasteiger partial charge in [-0.3, -0.25) is 0 Å². The van der Waals surface area contributed by atoms with Gasteiger partial charge in [-0.2, -0.15) is 5.48 Å². The monoisotopic (exact) mass is 147 g/mol. The fourth-order valence-electron chi connectivity index (χ4n) is 1.36. The average molecular weight is 147 g/mol. The van der Waals surface area contributed by atoms with Gasteiger partial charge in [-0.25, -0.2) is 0 Å². The van der Waals surface area contributed by atoms with Crippen molar-refractivity contribution in [3.63, 3.8) is 0 Å². The Bertz CT molecular complexity index is 293. The van der Waals surface area contributed by atoms with Gasteiger partial charge in [0.2, 0.25) is 0 Å². The number of hydrogen-bond donors (Lipinski definition) is 2. The Morgan fingerprint density at radius 1 is 1.27 bits per heavy atom. The van der Waals surface area contributed by atoms with E-state index in [2.05, 4.69) is 5.48 Å². The molecule has 0 saturated carbocycles. The van der Waals surface area contributed by atoms with Gasteiger partial charge in [0, 0.05) is 0 Å². The van der Waals surface area contributed by atoms with E-state index >= 15 is 0 Å². The molecule has 56 valence electrons. The van der Waals surface area contributed by atoms with Crippen molar-refractivity contribution in [2.75, 3.05) is 0 Å². The van der Waals surface area contributed by atoms with Crippen LogP contribution in [0.15, 0.2) is 30.3 Å². The zero-order valence-corrected chi connectivity index (χ0v) is 5.99. The summed E-state index contributed by atoms with van der Waals surface area (Å²) in [5.41, 5.74) is 4.55. The topological polar surface area (TPSA) is 32.3 Å². The van der Waals surface area contributed by atoms with Crippen molar-refractivity contribution in [1.82, 2.24) is 5.48 Å². The number of hydrogen-bond acceptors (Lipinski definition) is 2. The fourth-order valence-corrected chi connectivity index (χ4v) is 1.36. The largest absolute Gasteiger partial charge is 0.316 e. The Hall–Kier alpha value is -1.12. The summed E-state index contributed by atoms with van der Waals surface area (Å²) in [6, 6.07) is 7.97. The van der Waals surface area contributed by atoms with Gasteiger partial charge < -0.3 is 5.21 Å². The Balaban J connectivity index is 2.46. The molecular formula is C9H9NO. The first kappa shape index (κ1) is 6.58. The predicted molar refractivity (Wildman–Crippen MR) is 43.1 cm³/mol. The summed E-state index contributed by atoms with van der Waals surface area (Å²) >= 11 is 0. The fraction of sp³-hybridized carbons (Fsp3) is 0.111. The lowest BCUT2D eigenvalue weighted by Gasteiger charge is -2.06. The second-order valence-corrected chi connectivity index (χ2v) is 2.59. The molecule has 0 bridgehead atoms. The first-order valence-corrected chi connectivity index (χ1v) is 3.58. The first-order valence-electron chi connectivity index (χ1n) is 3.58. The lowest BCUT2D eigenvalue weighted by atomic mass is 10.1. The van der Waals surface area contributed by atoms with Crippen molar-refractivity contribution in [2.24, 2.45) is 0 Å². The SMILES string of the molecule is ONC1C=Cc2ccccc21. The van der Waals surface area contributed by atoms with Gasteiger partial charge >= 0.3 is 0 Å². The van der Waals surface area contributed by atoms with Gasteiger partial charge in [0.05, 0.1) is 6.04 Å². The maximum atomic E-state index is 8.71. The first-order chi connectivity index (χ1) is 5.42. The molecular weight excluding hydrogens is 138 g/mol. The number of nitrogens with one attached hydrogen (secondary N) is 1. The van der Waals surface area contributed by atoms with Crippen molar-refractivity contribution in [3.8, 4) is 0 Å². The van der Waals surface area contributed by atoms with E-state index in [0.29, 0.717) is 0 Å². The lowest BCUT2D eigenvalue weighted by molar-refractivity contribution is 0.145.